The van der Waals surface area contributed by atoms with Gasteiger partial charge in [0, 0.05) is 15.5 Å². The van der Waals surface area contributed by atoms with E-state index in [0.717, 1.165) is 8.95 Å². The Morgan fingerprint density at radius 3 is 2.46 bits per heavy atom. The van der Waals surface area contributed by atoms with Gasteiger partial charge < -0.3 is 5.73 Å². The van der Waals surface area contributed by atoms with Crippen LogP contribution in [0.5, 0.6) is 0 Å². The Hall–Kier alpha value is 0.0700. The zero-order chi connectivity index (χ0) is 10.1. The first-order valence-corrected chi connectivity index (χ1v) is 5.40. The average Bonchev–Trinajstić information content (AvgIpc) is 2.09. The second-order valence-electron chi connectivity index (χ2n) is 3.03. The minimum absolute atomic E-state index is 0.0128. The summed E-state index contributed by atoms with van der Waals surface area (Å²) in [6.07, 6.45) is 0. The van der Waals surface area contributed by atoms with Gasteiger partial charge in [-0.2, -0.15) is 0 Å². The lowest BCUT2D eigenvalue weighted by atomic mass is 9.98. The Balaban J connectivity index is 3.10. The summed E-state index contributed by atoms with van der Waals surface area (Å²) in [5, 5.41) is 0. The van der Waals surface area contributed by atoms with Gasteiger partial charge >= 0.3 is 0 Å². The van der Waals surface area contributed by atoms with Crippen LogP contribution in [0.2, 0.25) is 0 Å². The molecule has 0 saturated heterocycles. The SMILES string of the molecule is CC(F)(CN)c1ccc(Br)c(Br)c1. The van der Waals surface area contributed by atoms with Crippen LogP contribution in [-0.4, -0.2) is 6.54 Å². The van der Waals surface area contributed by atoms with E-state index in [1.165, 1.54) is 6.92 Å². The van der Waals surface area contributed by atoms with E-state index >= 15 is 0 Å². The van der Waals surface area contributed by atoms with Gasteiger partial charge in [-0.1, -0.05) is 6.07 Å². The monoisotopic (exact) mass is 309 g/mol. The standard InChI is InChI=1S/C9H10Br2FN/c1-9(12,5-13)6-2-3-7(10)8(11)4-6/h2-4H,5,13H2,1H3. The molecule has 0 aliphatic rings. The van der Waals surface area contributed by atoms with Crippen LogP contribution in [0.4, 0.5) is 4.39 Å². The largest absolute Gasteiger partial charge is 0.327 e. The molecule has 0 amide bonds. The Labute approximate surface area is 93.8 Å². The highest BCUT2D eigenvalue weighted by Gasteiger charge is 2.23. The number of halogens is 3. The third-order valence-electron chi connectivity index (χ3n) is 1.90. The predicted octanol–water partition coefficient (Wildman–Crippen LogP) is 3.36. The van der Waals surface area contributed by atoms with Gasteiger partial charge in [0.15, 0.2) is 0 Å². The molecule has 1 aromatic carbocycles. The van der Waals surface area contributed by atoms with Crippen LogP contribution in [0.25, 0.3) is 0 Å². The lowest BCUT2D eigenvalue weighted by molar-refractivity contribution is 0.203. The van der Waals surface area contributed by atoms with Gasteiger partial charge in [0.2, 0.25) is 0 Å². The van der Waals surface area contributed by atoms with Gasteiger partial charge in [-0.15, -0.1) is 0 Å². The fourth-order valence-electron chi connectivity index (χ4n) is 0.938. The van der Waals surface area contributed by atoms with Crippen LogP contribution in [0, 0.1) is 0 Å². The van der Waals surface area contributed by atoms with Crippen molar-refractivity contribution in [1.29, 1.82) is 0 Å². The molecule has 0 spiro atoms. The van der Waals surface area contributed by atoms with Crippen molar-refractivity contribution in [2.75, 3.05) is 6.54 Å². The summed E-state index contributed by atoms with van der Waals surface area (Å²) in [7, 11) is 0. The maximum atomic E-state index is 13.7. The molecule has 1 rings (SSSR count). The van der Waals surface area contributed by atoms with E-state index in [9.17, 15) is 4.39 Å². The van der Waals surface area contributed by atoms with E-state index < -0.39 is 5.67 Å². The van der Waals surface area contributed by atoms with E-state index in [2.05, 4.69) is 31.9 Å². The molecular formula is C9H10Br2FN. The second kappa shape index (κ2) is 4.07. The van der Waals surface area contributed by atoms with Crippen LogP contribution in [0.3, 0.4) is 0 Å². The number of nitrogens with two attached hydrogens (primary N) is 1. The Kier molecular flexibility index (Phi) is 3.49. The Morgan fingerprint density at radius 2 is 2.00 bits per heavy atom. The van der Waals surface area contributed by atoms with E-state index in [4.69, 9.17) is 5.73 Å². The van der Waals surface area contributed by atoms with Crippen molar-refractivity contribution in [2.45, 2.75) is 12.6 Å². The molecule has 1 atom stereocenters. The van der Waals surface area contributed by atoms with Crippen LogP contribution in [0.1, 0.15) is 12.5 Å². The maximum Gasteiger partial charge on any atom is 0.145 e. The first kappa shape index (κ1) is 11.1. The Morgan fingerprint density at radius 1 is 1.38 bits per heavy atom. The topological polar surface area (TPSA) is 26.0 Å². The summed E-state index contributed by atoms with van der Waals surface area (Å²) in [4.78, 5) is 0. The van der Waals surface area contributed by atoms with Crippen LogP contribution >= 0.6 is 31.9 Å². The molecule has 0 aliphatic carbocycles. The predicted molar refractivity (Wildman–Crippen MR) is 59.4 cm³/mol. The lowest BCUT2D eigenvalue weighted by Gasteiger charge is -2.18. The number of hydrogen-bond donors (Lipinski definition) is 1. The minimum atomic E-state index is -1.46. The summed E-state index contributed by atoms with van der Waals surface area (Å²) in [6, 6.07) is 5.26. The van der Waals surface area contributed by atoms with Gasteiger partial charge in [0.25, 0.3) is 0 Å². The number of hydrogen-bond acceptors (Lipinski definition) is 1. The van der Waals surface area contributed by atoms with Crippen LogP contribution < -0.4 is 5.73 Å². The quantitative estimate of drug-likeness (QED) is 0.890. The second-order valence-corrected chi connectivity index (χ2v) is 4.74. The van der Waals surface area contributed by atoms with Gasteiger partial charge in [-0.25, -0.2) is 4.39 Å². The molecule has 13 heavy (non-hydrogen) atoms. The van der Waals surface area contributed by atoms with Crippen molar-refractivity contribution >= 4 is 31.9 Å². The highest BCUT2D eigenvalue weighted by molar-refractivity contribution is 9.13. The molecule has 0 aromatic heterocycles. The maximum absolute atomic E-state index is 13.7. The van der Waals surface area contributed by atoms with Gasteiger partial charge in [-0.05, 0) is 56.5 Å². The molecule has 0 radical (unpaired) electrons. The smallest absolute Gasteiger partial charge is 0.145 e. The van der Waals surface area contributed by atoms with Crippen molar-refractivity contribution in [3.8, 4) is 0 Å². The van der Waals surface area contributed by atoms with Crippen LogP contribution in [0.15, 0.2) is 27.1 Å². The molecule has 0 aliphatic heterocycles. The van der Waals surface area contributed by atoms with Crippen molar-refractivity contribution in [3.63, 3.8) is 0 Å². The molecule has 1 unspecified atom stereocenters. The molecule has 2 N–H and O–H groups in total. The fourth-order valence-corrected chi connectivity index (χ4v) is 1.56. The summed E-state index contributed by atoms with van der Waals surface area (Å²) < 4.78 is 15.4. The molecule has 0 bridgehead atoms. The van der Waals surface area contributed by atoms with E-state index in [-0.39, 0.29) is 6.54 Å². The summed E-state index contributed by atoms with van der Waals surface area (Å²) in [5.41, 5.74) is 4.46. The molecule has 1 aromatic rings. The highest BCUT2D eigenvalue weighted by Crippen LogP contribution is 2.30. The average molecular weight is 311 g/mol. The van der Waals surface area contributed by atoms with E-state index in [0.29, 0.717) is 5.56 Å². The normalized spacial score (nSPS) is 15.5. The number of alkyl halides is 1. The summed E-state index contributed by atoms with van der Waals surface area (Å²) in [5.74, 6) is 0. The lowest BCUT2D eigenvalue weighted by Crippen LogP contribution is -2.26. The molecular weight excluding hydrogens is 301 g/mol. The first-order chi connectivity index (χ1) is 5.97. The zero-order valence-electron chi connectivity index (χ0n) is 7.15. The highest BCUT2D eigenvalue weighted by atomic mass is 79.9. The first-order valence-electron chi connectivity index (χ1n) is 3.82. The van der Waals surface area contributed by atoms with Crippen molar-refractivity contribution in [1.82, 2.24) is 0 Å². The summed E-state index contributed by atoms with van der Waals surface area (Å²) in [6.45, 7) is 1.46. The fraction of sp³-hybridized carbons (Fsp3) is 0.333. The third-order valence-corrected chi connectivity index (χ3v) is 3.78. The summed E-state index contributed by atoms with van der Waals surface area (Å²) >= 11 is 6.63. The Bertz CT molecular complexity index is 312. The molecule has 72 valence electrons. The minimum Gasteiger partial charge on any atom is -0.327 e. The molecule has 0 heterocycles. The van der Waals surface area contributed by atoms with E-state index in [1.807, 2.05) is 0 Å². The zero-order valence-corrected chi connectivity index (χ0v) is 10.3. The molecule has 4 heteroatoms. The van der Waals surface area contributed by atoms with Crippen molar-refractivity contribution in [3.05, 3.63) is 32.7 Å². The van der Waals surface area contributed by atoms with Crippen molar-refractivity contribution in [2.24, 2.45) is 5.73 Å². The van der Waals surface area contributed by atoms with Crippen molar-refractivity contribution < 1.29 is 4.39 Å². The van der Waals surface area contributed by atoms with Crippen LogP contribution in [-0.2, 0) is 5.67 Å². The number of rotatable bonds is 2. The van der Waals surface area contributed by atoms with Gasteiger partial charge in [-0.3, -0.25) is 0 Å². The molecule has 0 fully saturated rings. The third kappa shape index (κ3) is 2.51. The van der Waals surface area contributed by atoms with Gasteiger partial charge in [0.05, 0.1) is 0 Å². The number of benzene rings is 1. The molecule has 0 saturated carbocycles. The van der Waals surface area contributed by atoms with Gasteiger partial charge in [0.1, 0.15) is 5.67 Å². The molecule has 1 nitrogen and oxygen atoms in total. The van der Waals surface area contributed by atoms with E-state index in [1.54, 1.807) is 18.2 Å².